The first-order chi connectivity index (χ1) is 14.7. The van der Waals surface area contributed by atoms with E-state index in [-0.39, 0.29) is 5.91 Å². The van der Waals surface area contributed by atoms with Crippen LogP contribution in [-0.4, -0.2) is 50.8 Å². The molecule has 0 spiro atoms. The molecular weight excluding hydrogens is 440 g/mol. The fraction of sp³-hybridized carbons (Fsp3) is 0.450. The Morgan fingerprint density at radius 3 is 2.35 bits per heavy atom. The number of hydrogen-bond donors (Lipinski definition) is 4. The maximum absolute atomic E-state index is 12.4. The van der Waals surface area contributed by atoms with E-state index in [0.717, 1.165) is 22.3 Å². The van der Waals surface area contributed by atoms with Gasteiger partial charge >= 0.3 is 11.9 Å². The van der Waals surface area contributed by atoms with Gasteiger partial charge in [0, 0.05) is 29.0 Å². The number of aromatic nitrogens is 2. The highest BCUT2D eigenvalue weighted by atomic mass is 32.1. The summed E-state index contributed by atoms with van der Waals surface area (Å²) in [6.07, 6.45) is 5.08. The maximum atomic E-state index is 12.4. The van der Waals surface area contributed by atoms with Crippen molar-refractivity contribution in [3.8, 4) is 0 Å². The van der Waals surface area contributed by atoms with Crippen molar-refractivity contribution in [1.82, 2.24) is 15.5 Å². The number of aliphatic carboxylic acids is 2. The summed E-state index contributed by atoms with van der Waals surface area (Å²) in [7, 11) is 0. The molecule has 4 rings (SSSR count). The van der Waals surface area contributed by atoms with Crippen molar-refractivity contribution >= 4 is 45.7 Å². The second-order valence-electron chi connectivity index (χ2n) is 7.51. The molecule has 0 aliphatic heterocycles. The number of carbonyl (C=O) groups excluding carboxylic acids is 1. The molecule has 0 aromatic carbocycles. The largest absolute Gasteiger partial charge is 0.478 e. The summed E-state index contributed by atoms with van der Waals surface area (Å²) in [5.41, 5.74) is 1.34. The summed E-state index contributed by atoms with van der Waals surface area (Å²) in [6, 6.07) is 2.66. The number of aryl methyl sites for hydroxylation is 2. The monoisotopic (exact) mass is 464 g/mol. The summed E-state index contributed by atoms with van der Waals surface area (Å²) in [4.78, 5) is 33.5. The zero-order valence-corrected chi connectivity index (χ0v) is 18.8. The number of nitrogens with one attached hydrogen (secondary N) is 2. The second-order valence-corrected chi connectivity index (χ2v) is 9.95. The normalized spacial score (nSPS) is 19.5. The van der Waals surface area contributed by atoms with E-state index in [2.05, 4.69) is 33.8 Å². The number of hydrogen-bond acceptors (Lipinski definition) is 8. The van der Waals surface area contributed by atoms with Gasteiger partial charge in [-0.2, -0.15) is 0 Å². The highest BCUT2D eigenvalue weighted by Crippen LogP contribution is 2.45. The van der Waals surface area contributed by atoms with Crippen molar-refractivity contribution in [1.29, 1.82) is 0 Å². The van der Waals surface area contributed by atoms with Gasteiger partial charge in [-0.1, -0.05) is 11.3 Å². The van der Waals surface area contributed by atoms with Gasteiger partial charge in [0.15, 0.2) is 0 Å². The zero-order valence-electron chi connectivity index (χ0n) is 17.1. The van der Waals surface area contributed by atoms with Crippen molar-refractivity contribution in [3.63, 3.8) is 0 Å². The van der Waals surface area contributed by atoms with Crippen LogP contribution in [0.2, 0.25) is 0 Å². The number of carboxylic acid groups (broad SMARTS) is 2. The molecule has 2 fully saturated rings. The van der Waals surface area contributed by atoms with Crippen molar-refractivity contribution in [2.24, 2.45) is 5.92 Å². The summed E-state index contributed by atoms with van der Waals surface area (Å²) in [5, 5.41) is 31.4. The Balaban J connectivity index is 0.000000293. The summed E-state index contributed by atoms with van der Waals surface area (Å²) < 4.78 is 0. The van der Waals surface area contributed by atoms with Crippen LogP contribution in [0.4, 0.5) is 5.13 Å². The lowest BCUT2D eigenvalue weighted by Crippen LogP contribution is -2.20. The molecule has 2 aromatic rings. The number of thiophene rings is 1. The Morgan fingerprint density at radius 2 is 1.81 bits per heavy atom. The van der Waals surface area contributed by atoms with Crippen LogP contribution in [0.25, 0.3) is 0 Å². The SMILES string of the molecule is Cc1nnc(NC(=O)c2cc(C3CC3NCC3CC3)c(C)s2)s1.O=C(O)/C=C/C(=O)O. The third-order valence-electron chi connectivity index (χ3n) is 4.85. The summed E-state index contributed by atoms with van der Waals surface area (Å²) >= 11 is 2.97. The van der Waals surface area contributed by atoms with Crippen LogP contribution in [0, 0.1) is 19.8 Å². The lowest BCUT2D eigenvalue weighted by atomic mass is 10.1. The van der Waals surface area contributed by atoms with E-state index >= 15 is 0 Å². The quantitative estimate of drug-likeness (QED) is 0.437. The highest BCUT2D eigenvalue weighted by molar-refractivity contribution is 7.16. The Morgan fingerprint density at radius 1 is 1.13 bits per heavy atom. The molecule has 1 amide bonds. The van der Waals surface area contributed by atoms with Crippen molar-refractivity contribution in [2.45, 2.75) is 45.1 Å². The minimum Gasteiger partial charge on any atom is -0.478 e. The molecule has 0 bridgehead atoms. The van der Waals surface area contributed by atoms with Gasteiger partial charge in [0.05, 0.1) is 4.88 Å². The van der Waals surface area contributed by atoms with Crippen molar-refractivity contribution < 1.29 is 24.6 Å². The number of carbonyl (C=O) groups is 3. The number of nitrogens with zero attached hydrogens (tertiary/aromatic N) is 2. The fourth-order valence-corrected chi connectivity index (χ4v) is 4.60. The standard InChI is InChI=1S/C16H20N4OS2.C4H4O4/c1-8-11(12-5-13(12)17-7-10-3-4-10)6-14(22-8)15(21)18-16-20-19-9(2)23-16;5-3(6)1-2-4(7)8/h6,10,12-13,17H,3-5,7H2,1-2H3,(H,18,20,21);1-2H,(H,5,6)(H,7,8)/b;2-1+. The van der Waals surface area contributed by atoms with Crippen LogP contribution >= 0.6 is 22.7 Å². The van der Waals surface area contributed by atoms with E-state index in [1.165, 1.54) is 41.0 Å². The Hall–Kier alpha value is -2.63. The van der Waals surface area contributed by atoms with Crippen LogP contribution in [0.1, 0.15) is 50.3 Å². The van der Waals surface area contributed by atoms with Gasteiger partial charge in [0.25, 0.3) is 5.91 Å². The van der Waals surface area contributed by atoms with E-state index in [0.29, 0.717) is 29.2 Å². The van der Waals surface area contributed by atoms with Gasteiger partial charge in [-0.25, -0.2) is 9.59 Å². The Kier molecular flexibility index (Phi) is 7.52. The fourth-order valence-electron chi connectivity index (χ4n) is 3.03. The van der Waals surface area contributed by atoms with Crippen LogP contribution in [0.5, 0.6) is 0 Å². The molecule has 166 valence electrons. The molecule has 2 aliphatic carbocycles. The van der Waals surface area contributed by atoms with Gasteiger partial charge < -0.3 is 15.5 Å². The molecule has 0 radical (unpaired) electrons. The minimum atomic E-state index is -1.26. The van der Waals surface area contributed by atoms with E-state index in [1.807, 2.05) is 6.92 Å². The molecular formula is C20H24N4O5S2. The Bertz CT molecular complexity index is 980. The molecule has 4 N–H and O–H groups in total. The van der Waals surface area contributed by atoms with Crippen molar-refractivity contribution in [2.75, 3.05) is 11.9 Å². The van der Waals surface area contributed by atoms with Gasteiger partial charge in [-0.3, -0.25) is 10.1 Å². The number of rotatable bonds is 8. The predicted molar refractivity (Wildman–Crippen MR) is 118 cm³/mol. The molecule has 2 unspecified atom stereocenters. The third kappa shape index (κ3) is 7.23. The molecule has 9 nitrogen and oxygen atoms in total. The average Bonchev–Trinajstić information content (AvgIpc) is 3.60. The number of carboxylic acids is 2. The Labute approximate surface area is 187 Å². The van der Waals surface area contributed by atoms with Crippen LogP contribution in [-0.2, 0) is 9.59 Å². The lowest BCUT2D eigenvalue weighted by Gasteiger charge is -2.02. The maximum Gasteiger partial charge on any atom is 0.328 e. The molecule has 0 saturated heterocycles. The highest BCUT2D eigenvalue weighted by Gasteiger charge is 2.40. The van der Waals surface area contributed by atoms with E-state index in [1.54, 1.807) is 11.3 Å². The molecule has 2 aromatic heterocycles. The van der Waals surface area contributed by atoms with Crippen molar-refractivity contribution in [3.05, 3.63) is 38.5 Å². The van der Waals surface area contributed by atoms with Crippen LogP contribution in [0.15, 0.2) is 18.2 Å². The first kappa shape index (κ1) is 23.0. The first-order valence-electron chi connectivity index (χ1n) is 9.82. The van der Waals surface area contributed by atoms with Gasteiger partial charge in [0.1, 0.15) is 5.01 Å². The van der Waals surface area contributed by atoms with E-state index < -0.39 is 11.9 Å². The molecule has 2 heterocycles. The molecule has 2 saturated carbocycles. The summed E-state index contributed by atoms with van der Waals surface area (Å²) in [5.74, 6) is -1.10. The topological polar surface area (TPSA) is 142 Å². The molecule has 11 heteroatoms. The third-order valence-corrected chi connectivity index (χ3v) is 6.67. The van der Waals surface area contributed by atoms with Gasteiger partial charge in [-0.05, 0) is 57.2 Å². The van der Waals surface area contributed by atoms with Crippen LogP contribution < -0.4 is 10.6 Å². The summed E-state index contributed by atoms with van der Waals surface area (Å²) in [6.45, 7) is 5.15. The van der Waals surface area contributed by atoms with E-state index in [4.69, 9.17) is 10.2 Å². The first-order valence-corrected chi connectivity index (χ1v) is 11.4. The van der Waals surface area contributed by atoms with Gasteiger partial charge in [0.2, 0.25) is 5.13 Å². The molecule has 2 atom stereocenters. The zero-order chi connectivity index (χ0) is 22.5. The second kappa shape index (κ2) is 10.1. The molecule has 2 aliphatic rings. The van der Waals surface area contributed by atoms with Crippen LogP contribution in [0.3, 0.4) is 0 Å². The smallest absolute Gasteiger partial charge is 0.328 e. The predicted octanol–water partition coefficient (Wildman–Crippen LogP) is 3.04. The van der Waals surface area contributed by atoms with E-state index in [9.17, 15) is 14.4 Å². The number of amides is 1. The van der Waals surface area contributed by atoms with Gasteiger partial charge in [-0.15, -0.1) is 21.5 Å². The average molecular weight is 465 g/mol. The lowest BCUT2D eigenvalue weighted by molar-refractivity contribution is -0.134. The molecule has 31 heavy (non-hydrogen) atoms. The number of anilines is 1. The minimum absolute atomic E-state index is 0.0800.